The molecule has 0 aliphatic carbocycles. The Balaban J connectivity index is 5.25. The first-order chi connectivity index (χ1) is 47.5. The summed E-state index contributed by atoms with van der Waals surface area (Å²) >= 11 is 0. The number of unbranched alkanes of at least 4 members (excludes halogenated alkanes) is 51. The molecule has 0 rings (SSSR count). The van der Waals surface area contributed by atoms with E-state index < -0.39 is 97.5 Å². The third-order valence-electron chi connectivity index (χ3n) is 18.5. The maximum absolute atomic E-state index is 13.1. The van der Waals surface area contributed by atoms with Gasteiger partial charge in [0.05, 0.1) is 26.4 Å². The van der Waals surface area contributed by atoms with Gasteiger partial charge in [0.15, 0.2) is 12.2 Å². The lowest BCUT2D eigenvalue weighted by Crippen LogP contribution is -2.30. The van der Waals surface area contributed by atoms with Crippen molar-refractivity contribution >= 4 is 39.5 Å². The summed E-state index contributed by atoms with van der Waals surface area (Å²) in [6.45, 7) is 7.35. The summed E-state index contributed by atoms with van der Waals surface area (Å²) in [5.74, 6) is -1.30. The van der Waals surface area contributed by atoms with Crippen LogP contribution in [0.2, 0.25) is 0 Å². The van der Waals surface area contributed by atoms with Gasteiger partial charge in [-0.25, -0.2) is 9.13 Å². The van der Waals surface area contributed by atoms with Crippen LogP contribution in [0.3, 0.4) is 0 Å². The van der Waals surface area contributed by atoms with Gasteiger partial charge in [0, 0.05) is 25.7 Å². The SMILES string of the molecule is CCCCCCCCCCCCCCCCCC(=O)OC[C@H](COP(=O)(O)OC[C@@H](O)COP(=O)(O)OC[C@@H](COC(=O)CCCCCCCCCCCCCC)OC(=O)CCCCCCCCCCCCCCC)OC(=O)CCCCCCCCCCCCCCCCCC(C)C. The van der Waals surface area contributed by atoms with E-state index in [9.17, 15) is 43.2 Å². The number of ether oxygens (including phenoxy) is 4. The van der Waals surface area contributed by atoms with Crippen LogP contribution in [0.4, 0.5) is 0 Å². The Labute approximate surface area is 600 Å². The molecule has 0 amide bonds. The summed E-state index contributed by atoms with van der Waals surface area (Å²) in [4.78, 5) is 73.0. The molecule has 0 saturated heterocycles. The van der Waals surface area contributed by atoms with Gasteiger partial charge in [0.2, 0.25) is 0 Å². The van der Waals surface area contributed by atoms with E-state index in [4.69, 9.17) is 37.0 Å². The van der Waals surface area contributed by atoms with Crippen LogP contribution in [0.25, 0.3) is 0 Å². The molecule has 17 nitrogen and oxygen atoms in total. The van der Waals surface area contributed by atoms with E-state index in [2.05, 4.69) is 34.6 Å². The van der Waals surface area contributed by atoms with Gasteiger partial charge in [0.25, 0.3) is 0 Å². The van der Waals surface area contributed by atoms with Gasteiger partial charge in [-0.05, 0) is 31.6 Å². The van der Waals surface area contributed by atoms with Crippen molar-refractivity contribution in [3.05, 3.63) is 0 Å². The molecule has 0 aromatic heterocycles. The monoisotopic (exact) mass is 1440 g/mol. The van der Waals surface area contributed by atoms with E-state index >= 15 is 0 Å². The Hall–Kier alpha value is -1.94. The van der Waals surface area contributed by atoms with Crippen LogP contribution in [-0.4, -0.2) is 96.7 Å². The van der Waals surface area contributed by atoms with Gasteiger partial charge in [-0.3, -0.25) is 37.3 Å². The first-order valence-electron chi connectivity index (χ1n) is 41.1. The average molecular weight is 1440 g/mol. The van der Waals surface area contributed by atoms with Crippen molar-refractivity contribution in [2.45, 2.75) is 438 Å². The fourth-order valence-corrected chi connectivity index (χ4v) is 13.8. The lowest BCUT2D eigenvalue weighted by Gasteiger charge is -2.21. The predicted molar refractivity (Wildman–Crippen MR) is 400 cm³/mol. The molecular formula is C79H154O17P2. The van der Waals surface area contributed by atoms with Gasteiger partial charge < -0.3 is 33.8 Å². The number of phosphoric acid groups is 2. The van der Waals surface area contributed by atoms with Crippen LogP contribution in [0.5, 0.6) is 0 Å². The molecular weight excluding hydrogens is 1280 g/mol. The van der Waals surface area contributed by atoms with Gasteiger partial charge in [0.1, 0.15) is 19.3 Å². The van der Waals surface area contributed by atoms with E-state index in [1.807, 2.05) is 0 Å². The number of phosphoric ester groups is 2. The van der Waals surface area contributed by atoms with E-state index in [1.165, 1.54) is 244 Å². The summed E-state index contributed by atoms with van der Waals surface area (Å²) in [6.07, 6.45) is 62.2. The molecule has 0 aromatic carbocycles. The fraction of sp³-hybridized carbons (Fsp3) is 0.949. The van der Waals surface area contributed by atoms with Gasteiger partial charge in [-0.2, -0.15) is 0 Å². The lowest BCUT2D eigenvalue weighted by atomic mass is 10.0. The van der Waals surface area contributed by atoms with Crippen molar-refractivity contribution in [1.82, 2.24) is 0 Å². The van der Waals surface area contributed by atoms with Gasteiger partial charge in [-0.1, -0.05) is 369 Å². The Kier molecular flexibility index (Phi) is 70.6. The maximum atomic E-state index is 13.1. The standard InChI is InChI=1S/C79H154O17P2/c1-6-9-12-15-18-21-24-27-29-34-38-43-48-53-58-63-77(82)90-69-75(96-79(84)65-60-55-50-45-40-35-31-28-30-33-36-41-46-51-56-61-72(4)5)71-94-98(87,88)92-67-73(80)66-91-97(85,86)93-70-74(68-89-76(81)62-57-52-47-42-37-26-23-20-17-14-11-8-3)95-78(83)64-59-54-49-44-39-32-25-22-19-16-13-10-7-2/h72-75,80H,6-71H2,1-5H3,(H,85,86)(H,87,88)/t73-,74+,75+/m0/s1. The highest BCUT2D eigenvalue weighted by Crippen LogP contribution is 2.45. The Bertz CT molecular complexity index is 1870. The Morgan fingerprint density at radius 3 is 0.694 bits per heavy atom. The molecule has 0 saturated carbocycles. The van der Waals surface area contributed by atoms with Crippen molar-refractivity contribution < 1.29 is 80.2 Å². The van der Waals surface area contributed by atoms with Crippen LogP contribution >= 0.6 is 15.6 Å². The van der Waals surface area contributed by atoms with Gasteiger partial charge >= 0.3 is 39.5 Å². The molecule has 5 atom stereocenters. The number of hydrogen-bond donors (Lipinski definition) is 3. The first-order valence-corrected chi connectivity index (χ1v) is 44.1. The number of carbonyl (C=O) groups is 4. The molecule has 0 radical (unpaired) electrons. The second-order valence-electron chi connectivity index (χ2n) is 28.9. The van der Waals surface area contributed by atoms with Crippen molar-refractivity contribution in [3.8, 4) is 0 Å². The number of aliphatic hydroxyl groups excluding tert-OH is 1. The fourth-order valence-electron chi connectivity index (χ4n) is 12.2. The lowest BCUT2D eigenvalue weighted by molar-refractivity contribution is -0.161. The van der Waals surface area contributed by atoms with Crippen molar-refractivity contribution in [2.75, 3.05) is 39.6 Å². The molecule has 0 aliphatic rings. The molecule has 19 heteroatoms. The molecule has 0 aliphatic heterocycles. The normalized spacial score (nSPS) is 13.9. The predicted octanol–water partition coefficient (Wildman–Crippen LogP) is 23.6. The summed E-state index contributed by atoms with van der Waals surface area (Å²) in [7, 11) is -9.91. The number of aliphatic hydroxyl groups is 1. The number of esters is 4. The molecule has 0 fully saturated rings. The molecule has 582 valence electrons. The maximum Gasteiger partial charge on any atom is 0.472 e. The zero-order valence-electron chi connectivity index (χ0n) is 63.9. The molecule has 0 bridgehead atoms. The minimum absolute atomic E-state index is 0.108. The Morgan fingerprint density at radius 1 is 0.276 bits per heavy atom. The minimum atomic E-state index is -4.96. The topological polar surface area (TPSA) is 237 Å². The number of rotatable bonds is 79. The number of carbonyl (C=O) groups excluding carboxylic acids is 4. The third-order valence-corrected chi connectivity index (χ3v) is 20.4. The van der Waals surface area contributed by atoms with E-state index in [0.29, 0.717) is 25.7 Å². The van der Waals surface area contributed by atoms with E-state index in [0.717, 1.165) is 95.8 Å². The highest BCUT2D eigenvalue weighted by atomic mass is 31.2. The van der Waals surface area contributed by atoms with Crippen molar-refractivity contribution in [1.29, 1.82) is 0 Å². The third kappa shape index (κ3) is 72.4. The highest BCUT2D eigenvalue weighted by Gasteiger charge is 2.30. The van der Waals surface area contributed by atoms with Crippen LogP contribution in [0, 0.1) is 5.92 Å². The largest absolute Gasteiger partial charge is 0.472 e. The van der Waals surface area contributed by atoms with Gasteiger partial charge in [-0.15, -0.1) is 0 Å². The first kappa shape index (κ1) is 96.1. The smallest absolute Gasteiger partial charge is 0.462 e. The molecule has 0 heterocycles. The molecule has 0 aromatic rings. The Morgan fingerprint density at radius 2 is 0.469 bits per heavy atom. The van der Waals surface area contributed by atoms with Crippen LogP contribution in [0.1, 0.15) is 420 Å². The highest BCUT2D eigenvalue weighted by molar-refractivity contribution is 7.47. The molecule has 3 N–H and O–H groups in total. The van der Waals surface area contributed by atoms with Crippen LogP contribution < -0.4 is 0 Å². The van der Waals surface area contributed by atoms with Crippen LogP contribution in [-0.2, 0) is 65.4 Å². The quantitative estimate of drug-likeness (QED) is 0.0222. The summed E-state index contributed by atoms with van der Waals surface area (Å²) in [5.41, 5.74) is 0. The second-order valence-corrected chi connectivity index (χ2v) is 31.8. The number of hydrogen-bond acceptors (Lipinski definition) is 15. The summed E-state index contributed by atoms with van der Waals surface area (Å²) in [5, 5.41) is 10.6. The van der Waals surface area contributed by atoms with E-state index in [-0.39, 0.29) is 25.7 Å². The van der Waals surface area contributed by atoms with Crippen LogP contribution in [0.15, 0.2) is 0 Å². The summed E-state index contributed by atoms with van der Waals surface area (Å²) in [6, 6.07) is 0. The summed E-state index contributed by atoms with van der Waals surface area (Å²) < 4.78 is 68.7. The van der Waals surface area contributed by atoms with E-state index in [1.54, 1.807) is 0 Å². The zero-order chi connectivity index (χ0) is 71.9. The van der Waals surface area contributed by atoms with Crippen molar-refractivity contribution in [3.63, 3.8) is 0 Å². The molecule has 2 unspecified atom stereocenters. The van der Waals surface area contributed by atoms with Crippen molar-refractivity contribution in [2.24, 2.45) is 5.92 Å². The average Bonchev–Trinajstić information content (AvgIpc) is 1.14. The zero-order valence-corrected chi connectivity index (χ0v) is 65.7. The molecule has 0 spiro atoms. The molecule has 98 heavy (non-hydrogen) atoms. The minimum Gasteiger partial charge on any atom is -0.462 e. The second kappa shape index (κ2) is 72.0.